The molecule has 36 heavy (non-hydrogen) atoms. The van der Waals surface area contributed by atoms with E-state index in [1.807, 2.05) is 30.3 Å². The number of hydrogen-bond acceptors (Lipinski definition) is 5. The van der Waals surface area contributed by atoms with Crippen LogP contribution in [0.1, 0.15) is 35.3 Å². The van der Waals surface area contributed by atoms with E-state index in [1.54, 1.807) is 49.7 Å². The van der Waals surface area contributed by atoms with Crippen LogP contribution < -0.4 is 19.8 Å². The van der Waals surface area contributed by atoms with E-state index in [4.69, 9.17) is 9.47 Å². The number of methoxy groups -OCH3 is 2. The van der Waals surface area contributed by atoms with Crippen molar-refractivity contribution in [3.8, 4) is 11.5 Å². The van der Waals surface area contributed by atoms with Crippen molar-refractivity contribution in [3.63, 3.8) is 0 Å². The summed E-state index contributed by atoms with van der Waals surface area (Å²) < 4.78 is 25.7. The molecule has 1 aliphatic rings. The molecule has 7 heteroatoms. The highest BCUT2D eigenvalue weighted by Crippen LogP contribution is 2.50. The van der Waals surface area contributed by atoms with Crippen LogP contribution in [0.25, 0.3) is 0 Å². The van der Waals surface area contributed by atoms with Crippen molar-refractivity contribution >= 4 is 17.8 Å². The average Bonchev–Trinajstić information content (AvgIpc) is 3.14. The molecule has 6 nitrogen and oxygen atoms in total. The molecular weight excluding hydrogens is 457 g/mol. The fraction of sp³-hybridized carbons (Fsp3) is 0.241. The van der Waals surface area contributed by atoms with E-state index in [2.05, 4.69) is 29.3 Å². The monoisotopic (exact) mass is 487 g/mol. The summed E-state index contributed by atoms with van der Waals surface area (Å²) in [7, 11) is 3.15. The number of likely N-dealkylation sites (N-methyl/N-ethyl adjacent to an activating group) is 1. The van der Waals surface area contributed by atoms with Gasteiger partial charge < -0.3 is 14.4 Å². The zero-order chi connectivity index (χ0) is 25.7. The van der Waals surface area contributed by atoms with E-state index >= 15 is 4.39 Å². The third-order valence-corrected chi connectivity index (χ3v) is 6.57. The molecule has 1 N–H and O–H groups in total. The molecule has 0 spiro atoms. The Kier molecular flexibility index (Phi) is 7.38. The highest BCUT2D eigenvalue weighted by molar-refractivity contribution is 5.94. The highest BCUT2D eigenvalue weighted by Gasteiger charge is 2.43. The molecule has 0 saturated carbocycles. The Morgan fingerprint density at radius 2 is 1.75 bits per heavy atom. The average molecular weight is 488 g/mol. The molecule has 1 unspecified atom stereocenters. The maximum Gasteiger partial charge on any atom is 0.271 e. The number of nitrogens with zero attached hydrogens (tertiary/aromatic N) is 2. The number of amides is 1. The lowest BCUT2D eigenvalue weighted by Crippen LogP contribution is -2.31. The van der Waals surface area contributed by atoms with Crippen molar-refractivity contribution in [2.24, 2.45) is 5.10 Å². The normalized spacial score (nSPS) is 17.9. The van der Waals surface area contributed by atoms with Crippen LogP contribution in [0.4, 0.5) is 10.1 Å². The smallest absolute Gasteiger partial charge is 0.271 e. The van der Waals surface area contributed by atoms with Crippen LogP contribution in [0.5, 0.6) is 11.5 Å². The van der Waals surface area contributed by atoms with Crippen LogP contribution in [0.15, 0.2) is 83.6 Å². The van der Waals surface area contributed by atoms with Crippen LogP contribution >= 0.6 is 0 Å². The zero-order valence-electron chi connectivity index (χ0n) is 20.9. The summed E-state index contributed by atoms with van der Waals surface area (Å²) in [6.07, 6.45) is 3.86. The summed E-state index contributed by atoms with van der Waals surface area (Å²) in [5, 5.41) is 4.15. The number of benzene rings is 3. The third kappa shape index (κ3) is 4.82. The molecule has 0 bridgehead atoms. The molecule has 186 valence electrons. The molecule has 1 heterocycles. The van der Waals surface area contributed by atoms with Crippen LogP contribution in [0, 0.1) is 5.82 Å². The molecule has 0 radical (unpaired) electrons. The number of allylic oxidation sites excluding steroid dienone is 2. The van der Waals surface area contributed by atoms with Gasteiger partial charge in [0.15, 0.2) is 0 Å². The first-order chi connectivity index (χ1) is 17.4. The van der Waals surface area contributed by atoms with Gasteiger partial charge in [0.25, 0.3) is 5.91 Å². The Morgan fingerprint density at radius 3 is 2.42 bits per heavy atom. The predicted octanol–water partition coefficient (Wildman–Crippen LogP) is 5.48. The van der Waals surface area contributed by atoms with Crippen molar-refractivity contribution in [2.75, 3.05) is 25.7 Å². The molecule has 0 aromatic heterocycles. The van der Waals surface area contributed by atoms with Crippen molar-refractivity contribution in [1.29, 1.82) is 0 Å². The molecule has 1 atom stereocenters. The lowest BCUT2D eigenvalue weighted by molar-refractivity contribution is 0.0955. The molecule has 0 aliphatic carbocycles. The molecule has 3 aromatic carbocycles. The Balaban J connectivity index is 1.71. The first kappa shape index (κ1) is 25.0. The van der Waals surface area contributed by atoms with Gasteiger partial charge in [0.05, 0.1) is 14.2 Å². The van der Waals surface area contributed by atoms with Crippen molar-refractivity contribution in [1.82, 2.24) is 5.43 Å². The largest absolute Gasteiger partial charge is 0.497 e. The van der Waals surface area contributed by atoms with Crippen molar-refractivity contribution < 1.29 is 18.7 Å². The van der Waals surface area contributed by atoms with Crippen molar-refractivity contribution in [3.05, 3.63) is 101 Å². The number of halogens is 1. The zero-order valence-corrected chi connectivity index (χ0v) is 20.9. The molecule has 4 rings (SSSR count). The van der Waals surface area contributed by atoms with E-state index < -0.39 is 5.41 Å². The van der Waals surface area contributed by atoms with Crippen molar-refractivity contribution in [2.45, 2.75) is 25.7 Å². The summed E-state index contributed by atoms with van der Waals surface area (Å²) in [4.78, 5) is 14.5. The minimum absolute atomic E-state index is 0.292. The number of nitrogens with one attached hydrogen (secondary N) is 1. The summed E-state index contributed by atoms with van der Waals surface area (Å²) in [6, 6.07) is 19.8. The second-order valence-electron chi connectivity index (χ2n) is 8.73. The second-order valence-corrected chi connectivity index (χ2v) is 8.73. The summed E-state index contributed by atoms with van der Waals surface area (Å²) in [5.41, 5.74) is 6.10. The summed E-state index contributed by atoms with van der Waals surface area (Å²) in [6.45, 7) is 4.86. The first-order valence-electron chi connectivity index (χ1n) is 11.8. The van der Waals surface area contributed by atoms with Crippen LogP contribution in [0.3, 0.4) is 0 Å². The minimum Gasteiger partial charge on any atom is -0.497 e. The maximum absolute atomic E-state index is 15.0. The fourth-order valence-corrected chi connectivity index (χ4v) is 4.72. The Hall–Kier alpha value is -4.13. The quantitative estimate of drug-likeness (QED) is 0.338. The lowest BCUT2D eigenvalue weighted by Gasteiger charge is -2.30. The summed E-state index contributed by atoms with van der Waals surface area (Å²) in [5.74, 6) is 0.594. The van der Waals surface area contributed by atoms with E-state index in [1.165, 1.54) is 13.2 Å². The summed E-state index contributed by atoms with van der Waals surface area (Å²) >= 11 is 0. The van der Waals surface area contributed by atoms with Gasteiger partial charge >= 0.3 is 0 Å². The van der Waals surface area contributed by atoms with Gasteiger partial charge in [-0.05, 0) is 73.9 Å². The molecular formula is C29H30FN3O3. The molecule has 0 saturated heterocycles. The van der Waals surface area contributed by atoms with E-state index in [-0.39, 0.29) is 11.7 Å². The number of fused-ring (bicyclic) bond motifs is 1. The number of carbonyl (C=O) groups is 1. The minimum atomic E-state index is -0.579. The molecule has 1 aliphatic heterocycles. The van der Waals surface area contributed by atoms with Crippen LogP contribution in [0.2, 0.25) is 0 Å². The second kappa shape index (κ2) is 10.6. The Morgan fingerprint density at radius 1 is 1.06 bits per heavy atom. The van der Waals surface area contributed by atoms with Gasteiger partial charge in [-0.3, -0.25) is 4.79 Å². The van der Waals surface area contributed by atoms with E-state index in [0.29, 0.717) is 29.8 Å². The van der Waals surface area contributed by atoms with Crippen LogP contribution in [-0.2, 0) is 11.8 Å². The molecule has 3 aromatic rings. The number of hydrazone groups is 1. The highest BCUT2D eigenvalue weighted by atomic mass is 19.1. The maximum atomic E-state index is 15.0. The van der Waals surface area contributed by atoms with Gasteiger partial charge in [0.2, 0.25) is 0 Å². The van der Waals surface area contributed by atoms with Gasteiger partial charge in [0.1, 0.15) is 17.3 Å². The van der Waals surface area contributed by atoms with Crippen LogP contribution in [-0.4, -0.2) is 32.9 Å². The number of hydrogen-bond donors (Lipinski definition) is 1. The van der Waals surface area contributed by atoms with E-state index in [9.17, 15) is 4.79 Å². The van der Waals surface area contributed by atoms with Gasteiger partial charge in [0, 0.05) is 41.2 Å². The number of carbonyl (C=O) groups excluding carboxylic acids is 1. The Bertz CT molecular complexity index is 1310. The lowest BCUT2D eigenvalue weighted by atomic mass is 9.76. The SMILES string of the molecule is CCN1/C(=C\C=N\NC(=O)c2ccccc2)C(C)(Cc2ccc(OC)cc2F)c2cc(OC)ccc21. The third-order valence-electron chi connectivity index (χ3n) is 6.57. The van der Waals surface area contributed by atoms with Gasteiger partial charge in [-0.2, -0.15) is 5.10 Å². The molecule has 0 fully saturated rings. The topological polar surface area (TPSA) is 63.2 Å². The van der Waals surface area contributed by atoms with Gasteiger partial charge in [-0.15, -0.1) is 0 Å². The Labute approximate surface area is 211 Å². The predicted molar refractivity (Wildman–Crippen MR) is 141 cm³/mol. The first-order valence-corrected chi connectivity index (χ1v) is 11.8. The number of rotatable bonds is 8. The van der Waals surface area contributed by atoms with Gasteiger partial charge in [-0.1, -0.05) is 24.3 Å². The standard InChI is InChI=1S/C29H30FN3O3/c1-5-33-26-14-13-22(35-3)17-24(26)29(2,19-21-11-12-23(36-4)18-25(21)30)27(33)15-16-31-32-28(34)20-9-7-6-8-10-20/h6-18H,5,19H2,1-4H3,(H,32,34)/b27-15-,31-16+. The molecule has 1 amide bonds. The number of anilines is 1. The van der Waals surface area contributed by atoms with Gasteiger partial charge in [-0.25, -0.2) is 9.82 Å². The number of ether oxygens (including phenoxy) is 2. The van der Waals surface area contributed by atoms with E-state index in [0.717, 1.165) is 22.7 Å². The fourth-order valence-electron chi connectivity index (χ4n) is 4.72.